The highest BCUT2D eigenvalue weighted by atomic mass is 16.5. The molecule has 2 N–H and O–H groups in total. The Hall–Kier alpha value is -3.28. The number of anilines is 3. The lowest BCUT2D eigenvalue weighted by Gasteiger charge is -2.16. The molecule has 6 nitrogen and oxygen atoms in total. The summed E-state index contributed by atoms with van der Waals surface area (Å²) in [4.78, 5) is 25.2. The number of rotatable bonds is 8. The van der Waals surface area contributed by atoms with E-state index < -0.39 is 0 Å². The molecule has 0 aromatic heterocycles. The summed E-state index contributed by atoms with van der Waals surface area (Å²) in [5.74, 6) is 0.374. The highest BCUT2D eigenvalue weighted by molar-refractivity contribution is 5.95. The van der Waals surface area contributed by atoms with Crippen molar-refractivity contribution in [3.8, 4) is 5.75 Å². The monoisotopic (exact) mass is 367 g/mol. The highest BCUT2D eigenvalue weighted by Crippen LogP contribution is 2.24. The summed E-state index contributed by atoms with van der Waals surface area (Å²) >= 11 is 0. The number of ether oxygens (including phenoxy) is 1. The predicted octanol–water partition coefficient (Wildman–Crippen LogP) is 3.67. The molecule has 2 aromatic carbocycles. The summed E-state index contributed by atoms with van der Waals surface area (Å²) in [7, 11) is 1.71. The molecule has 0 aliphatic rings. The topological polar surface area (TPSA) is 70.7 Å². The van der Waals surface area contributed by atoms with Crippen molar-refractivity contribution in [3.63, 3.8) is 0 Å². The standard InChI is InChI=1S/C21H25N3O3/c1-15(2)14-27-20-8-6-5-7-19(20)23-21(26)13-22-17-9-11-18(12-10-17)24(4)16(3)25/h5-12,22H,1,13-14H2,2-4H3,(H,23,26). The molecular formula is C21H25N3O3. The van der Waals surface area contributed by atoms with Crippen LogP contribution in [0.4, 0.5) is 17.1 Å². The van der Waals surface area contributed by atoms with Crippen molar-refractivity contribution in [1.82, 2.24) is 0 Å². The van der Waals surface area contributed by atoms with E-state index in [2.05, 4.69) is 17.2 Å². The lowest BCUT2D eigenvalue weighted by atomic mass is 10.2. The first-order valence-corrected chi connectivity index (χ1v) is 8.61. The van der Waals surface area contributed by atoms with Crippen LogP contribution < -0.4 is 20.3 Å². The van der Waals surface area contributed by atoms with Gasteiger partial charge in [0.15, 0.2) is 0 Å². The van der Waals surface area contributed by atoms with Crippen LogP contribution in [0.1, 0.15) is 13.8 Å². The Morgan fingerprint density at radius 2 is 1.74 bits per heavy atom. The van der Waals surface area contributed by atoms with Crippen molar-refractivity contribution in [2.24, 2.45) is 0 Å². The number of nitrogens with one attached hydrogen (secondary N) is 2. The summed E-state index contributed by atoms with van der Waals surface area (Å²) in [5, 5.41) is 5.90. The number of carbonyl (C=O) groups excluding carboxylic acids is 2. The third kappa shape index (κ3) is 6.18. The van der Waals surface area contributed by atoms with E-state index in [0.29, 0.717) is 18.0 Å². The fourth-order valence-electron chi connectivity index (χ4n) is 2.26. The smallest absolute Gasteiger partial charge is 0.243 e. The molecular weight excluding hydrogens is 342 g/mol. The van der Waals surface area contributed by atoms with E-state index >= 15 is 0 Å². The highest BCUT2D eigenvalue weighted by Gasteiger charge is 2.08. The Morgan fingerprint density at radius 3 is 2.37 bits per heavy atom. The third-order valence-corrected chi connectivity index (χ3v) is 3.82. The van der Waals surface area contributed by atoms with Gasteiger partial charge in [0.25, 0.3) is 0 Å². The van der Waals surface area contributed by atoms with Gasteiger partial charge in [-0.05, 0) is 48.9 Å². The van der Waals surface area contributed by atoms with Gasteiger partial charge in [-0.2, -0.15) is 0 Å². The number of hydrogen-bond acceptors (Lipinski definition) is 4. The number of hydrogen-bond donors (Lipinski definition) is 2. The summed E-state index contributed by atoms with van der Waals surface area (Å²) in [5.41, 5.74) is 3.10. The van der Waals surface area contributed by atoms with Crippen molar-refractivity contribution in [1.29, 1.82) is 0 Å². The molecule has 0 radical (unpaired) electrons. The lowest BCUT2D eigenvalue weighted by molar-refractivity contribution is -0.116. The van der Waals surface area contributed by atoms with E-state index in [1.54, 1.807) is 24.1 Å². The fourth-order valence-corrected chi connectivity index (χ4v) is 2.26. The van der Waals surface area contributed by atoms with E-state index in [1.807, 2.05) is 43.3 Å². The van der Waals surface area contributed by atoms with Gasteiger partial charge in [0, 0.05) is 25.3 Å². The van der Waals surface area contributed by atoms with Gasteiger partial charge in [-0.3, -0.25) is 9.59 Å². The molecule has 2 rings (SSSR count). The largest absolute Gasteiger partial charge is 0.487 e. The van der Waals surface area contributed by atoms with Crippen LogP contribution in [0.5, 0.6) is 5.75 Å². The first kappa shape index (κ1) is 20.0. The summed E-state index contributed by atoms with van der Waals surface area (Å²) in [6, 6.07) is 14.6. The minimum absolute atomic E-state index is 0.0392. The Morgan fingerprint density at radius 1 is 1.07 bits per heavy atom. The second-order valence-corrected chi connectivity index (χ2v) is 6.27. The van der Waals surface area contributed by atoms with E-state index in [4.69, 9.17) is 4.74 Å². The fraction of sp³-hybridized carbons (Fsp3) is 0.238. The van der Waals surface area contributed by atoms with Crippen molar-refractivity contribution >= 4 is 28.9 Å². The Kier molecular flexibility index (Phi) is 7.00. The van der Waals surface area contributed by atoms with Crippen LogP contribution in [0.15, 0.2) is 60.7 Å². The summed E-state index contributed by atoms with van der Waals surface area (Å²) in [6.07, 6.45) is 0. The lowest BCUT2D eigenvalue weighted by Crippen LogP contribution is -2.23. The van der Waals surface area contributed by atoms with Crippen molar-refractivity contribution in [2.45, 2.75) is 13.8 Å². The quantitative estimate of drug-likeness (QED) is 0.699. The summed E-state index contributed by atoms with van der Waals surface area (Å²) in [6.45, 7) is 7.70. The number of nitrogens with zero attached hydrogens (tertiary/aromatic N) is 1. The first-order valence-electron chi connectivity index (χ1n) is 8.61. The van der Waals surface area contributed by atoms with Crippen LogP contribution in [-0.4, -0.2) is 32.0 Å². The normalized spacial score (nSPS) is 10.0. The minimum Gasteiger partial charge on any atom is -0.487 e. The molecule has 0 bridgehead atoms. The predicted molar refractivity (Wildman–Crippen MR) is 109 cm³/mol. The van der Waals surface area contributed by atoms with Gasteiger partial charge in [-0.25, -0.2) is 0 Å². The summed E-state index contributed by atoms with van der Waals surface area (Å²) < 4.78 is 5.65. The number of amides is 2. The van der Waals surface area contributed by atoms with Gasteiger partial charge in [0.1, 0.15) is 12.4 Å². The molecule has 2 amide bonds. The van der Waals surface area contributed by atoms with Crippen molar-refractivity contribution in [3.05, 3.63) is 60.7 Å². The molecule has 0 atom stereocenters. The maximum Gasteiger partial charge on any atom is 0.243 e. The van der Waals surface area contributed by atoms with Crippen LogP contribution in [0, 0.1) is 0 Å². The molecule has 2 aromatic rings. The van der Waals surface area contributed by atoms with Crippen LogP contribution in [-0.2, 0) is 9.59 Å². The molecule has 0 unspecified atom stereocenters. The number of para-hydroxylation sites is 2. The van der Waals surface area contributed by atoms with Gasteiger partial charge >= 0.3 is 0 Å². The number of carbonyl (C=O) groups is 2. The molecule has 0 heterocycles. The Labute approximate surface area is 159 Å². The second-order valence-electron chi connectivity index (χ2n) is 6.27. The van der Waals surface area contributed by atoms with E-state index in [-0.39, 0.29) is 18.4 Å². The first-order chi connectivity index (χ1) is 12.9. The van der Waals surface area contributed by atoms with E-state index in [0.717, 1.165) is 16.9 Å². The van der Waals surface area contributed by atoms with Gasteiger partial charge in [-0.1, -0.05) is 18.7 Å². The molecule has 0 fully saturated rings. The second kappa shape index (κ2) is 9.43. The van der Waals surface area contributed by atoms with E-state index in [9.17, 15) is 9.59 Å². The average Bonchev–Trinajstić information content (AvgIpc) is 2.65. The van der Waals surface area contributed by atoms with Gasteiger partial charge in [-0.15, -0.1) is 0 Å². The van der Waals surface area contributed by atoms with Crippen LogP contribution in [0.3, 0.4) is 0 Å². The zero-order valence-corrected chi connectivity index (χ0v) is 15.9. The average molecular weight is 367 g/mol. The zero-order valence-electron chi connectivity index (χ0n) is 15.9. The molecule has 6 heteroatoms. The minimum atomic E-state index is -0.189. The Balaban J connectivity index is 1.91. The van der Waals surface area contributed by atoms with Gasteiger partial charge in [0.05, 0.1) is 12.2 Å². The number of benzene rings is 2. The third-order valence-electron chi connectivity index (χ3n) is 3.82. The maximum absolute atomic E-state index is 12.2. The zero-order chi connectivity index (χ0) is 19.8. The molecule has 0 aliphatic heterocycles. The van der Waals surface area contributed by atoms with Crippen LogP contribution >= 0.6 is 0 Å². The van der Waals surface area contributed by atoms with Gasteiger partial charge in [0.2, 0.25) is 11.8 Å². The molecule has 142 valence electrons. The SMILES string of the molecule is C=C(C)COc1ccccc1NC(=O)CNc1ccc(N(C)C(C)=O)cc1. The molecule has 0 saturated heterocycles. The van der Waals surface area contributed by atoms with Crippen LogP contribution in [0.2, 0.25) is 0 Å². The van der Waals surface area contributed by atoms with Crippen LogP contribution in [0.25, 0.3) is 0 Å². The van der Waals surface area contributed by atoms with E-state index in [1.165, 1.54) is 6.92 Å². The van der Waals surface area contributed by atoms with Gasteiger partial charge < -0.3 is 20.3 Å². The molecule has 0 spiro atoms. The maximum atomic E-state index is 12.2. The van der Waals surface area contributed by atoms with Crippen molar-refractivity contribution in [2.75, 3.05) is 35.7 Å². The molecule has 0 saturated carbocycles. The molecule has 0 aliphatic carbocycles. The molecule has 27 heavy (non-hydrogen) atoms. The Bertz CT molecular complexity index is 816. The van der Waals surface area contributed by atoms with Crippen molar-refractivity contribution < 1.29 is 14.3 Å².